The number of nitrogens with zero attached hydrogens (tertiary/aromatic N) is 1. The lowest BCUT2D eigenvalue weighted by atomic mass is 9.99. The van der Waals surface area contributed by atoms with Crippen molar-refractivity contribution in [3.05, 3.63) is 127 Å². The van der Waals surface area contributed by atoms with E-state index in [9.17, 15) is 0 Å². The van der Waals surface area contributed by atoms with Gasteiger partial charge in [0.1, 0.15) is 0 Å². The minimum absolute atomic E-state index is 1.26. The summed E-state index contributed by atoms with van der Waals surface area (Å²) < 4.78 is 5.17. The van der Waals surface area contributed by atoms with E-state index in [4.69, 9.17) is 0 Å². The smallest absolute Gasteiger partial charge is 0.0620 e. The van der Waals surface area contributed by atoms with E-state index in [1.54, 1.807) is 0 Å². The van der Waals surface area contributed by atoms with Gasteiger partial charge in [-0.2, -0.15) is 0 Å². The average Bonchev–Trinajstić information content (AvgIpc) is 3.64. The van der Waals surface area contributed by atoms with Crippen LogP contribution in [0.3, 0.4) is 0 Å². The van der Waals surface area contributed by atoms with Crippen LogP contribution in [0.25, 0.3) is 80.5 Å². The summed E-state index contributed by atoms with van der Waals surface area (Å²) in [6, 6.07) is 46.8. The summed E-state index contributed by atoms with van der Waals surface area (Å²) in [6.07, 6.45) is 0. The Morgan fingerprint density at radius 1 is 0.395 bits per heavy atom. The van der Waals surface area contributed by atoms with Gasteiger partial charge in [-0.1, -0.05) is 115 Å². The number of benzene rings is 6. The minimum atomic E-state index is 1.26. The summed E-state index contributed by atoms with van der Waals surface area (Å²) in [5.74, 6) is 0. The Labute approximate surface area is 223 Å². The van der Waals surface area contributed by atoms with Gasteiger partial charge in [-0.05, 0) is 34.4 Å². The van der Waals surface area contributed by atoms with Crippen LogP contribution in [-0.4, -0.2) is 4.40 Å². The second-order valence-corrected chi connectivity index (χ2v) is 11.1. The molecule has 0 N–H and O–H groups in total. The van der Waals surface area contributed by atoms with Crippen molar-refractivity contribution in [1.82, 2.24) is 4.40 Å². The van der Waals surface area contributed by atoms with Crippen molar-refractivity contribution in [3.63, 3.8) is 0 Å². The molecule has 3 heterocycles. The number of hydrogen-bond acceptors (Lipinski definition) is 1. The molecule has 0 radical (unpaired) electrons. The highest BCUT2D eigenvalue weighted by molar-refractivity contribution is 7.26. The molecule has 6 aromatic carbocycles. The quantitative estimate of drug-likeness (QED) is 0.223. The average molecular weight is 500 g/mol. The molecule has 0 amide bonds. The van der Waals surface area contributed by atoms with E-state index >= 15 is 0 Å². The van der Waals surface area contributed by atoms with Crippen molar-refractivity contribution in [1.29, 1.82) is 0 Å². The second-order valence-electron chi connectivity index (χ2n) is 10.1. The molecule has 0 unspecified atom stereocenters. The summed E-state index contributed by atoms with van der Waals surface area (Å²) >= 11 is 1.92. The van der Waals surface area contributed by atoms with Gasteiger partial charge in [0.2, 0.25) is 0 Å². The Balaban J connectivity index is 1.35. The zero-order valence-electron chi connectivity index (χ0n) is 20.5. The molecule has 0 fully saturated rings. The van der Waals surface area contributed by atoms with Gasteiger partial charge in [0.15, 0.2) is 0 Å². The molecule has 0 spiro atoms. The van der Waals surface area contributed by atoms with E-state index in [1.165, 1.54) is 80.5 Å². The Kier molecular flexibility index (Phi) is 3.99. The maximum absolute atomic E-state index is 2.47. The molecule has 0 atom stereocenters. The fraction of sp³-hybridized carbons (Fsp3) is 0. The van der Waals surface area contributed by atoms with Crippen molar-refractivity contribution < 1.29 is 0 Å². The van der Waals surface area contributed by atoms with E-state index in [0.29, 0.717) is 0 Å². The highest BCUT2D eigenvalue weighted by Crippen LogP contribution is 2.45. The number of hydrogen-bond donors (Lipinski definition) is 0. The van der Waals surface area contributed by atoms with Crippen LogP contribution in [0.2, 0.25) is 0 Å². The van der Waals surface area contributed by atoms with Crippen molar-refractivity contribution in [2.24, 2.45) is 0 Å². The topological polar surface area (TPSA) is 4.41 Å². The number of para-hydroxylation sites is 2. The standard InChI is InChI=1S/C36H21NS/c1-2-9-22(10-3-1)24-12-6-16-30-31-17-7-13-25(36(31)38-35(24)30)23-19-20-27-29-15-8-14-28-26-11-4-5-18-32(26)37(34(28)29)33(27)21-23/h1-21H. The van der Waals surface area contributed by atoms with Crippen molar-refractivity contribution in [3.8, 4) is 22.3 Å². The molecule has 0 aliphatic heterocycles. The second kappa shape index (κ2) is 7.44. The summed E-state index contributed by atoms with van der Waals surface area (Å²) in [7, 11) is 0. The van der Waals surface area contributed by atoms with Crippen LogP contribution in [0, 0.1) is 0 Å². The molecule has 0 bridgehead atoms. The Bertz CT molecular complexity index is 2340. The number of aromatic nitrogens is 1. The first-order valence-corrected chi connectivity index (χ1v) is 13.9. The van der Waals surface area contributed by atoms with Gasteiger partial charge in [-0.3, -0.25) is 0 Å². The van der Waals surface area contributed by atoms with Gasteiger partial charge < -0.3 is 4.40 Å². The van der Waals surface area contributed by atoms with Crippen LogP contribution in [-0.2, 0) is 0 Å². The summed E-state index contributed by atoms with van der Waals surface area (Å²) in [6.45, 7) is 0. The van der Waals surface area contributed by atoms with Gasteiger partial charge >= 0.3 is 0 Å². The first kappa shape index (κ1) is 20.4. The van der Waals surface area contributed by atoms with Gasteiger partial charge in [-0.25, -0.2) is 0 Å². The van der Waals surface area contributed by atoms with Gasteiger partial charge in [-0.15, -0.1) is 11.3 Å². The van der Waals surface area contributed by atoms with Crippen molar-refractivity contribution >= 4 is 69.6 Å². The molecule has 0 saturated carbocycles. The molecule has 9 rings (SSSR count). The largest absolute Gasteiger partial charge is 0.308 e. The predicted molar refractivity (Wildman–Crippen MR) is 165 cm³/mol. The van der Waals surface area contributed by atoms with Gasteiger partial charge in [0.05, 0.1) is 16.6 Å². The fourth-order valence-corrected chi connectivity index (χ4v) is 7.86. The molecule has 3 aromatic heterocycles. The minimum Gasteiger partial charge on any atom is -0.308 e. The highest BCUT2D eigenvalue weighted by atomic mass is 32.1. The van der Waals surface area contributed by atoms with E-state index in [0.717, 1.165) is 0 Å². The van der Waals surface area contributed by atoms with Crippen LogP contribution in [0.5, 0.6) is 0 Å². The molecule has 176 valence electrons. The molecule has 2 heteroatoms. The van der Waals surface area contributed by atoms with Crippen LogP contribution >= 0.6 is 11.3 Å². The maximum Gasteiger partial charge on any atom is 0.0620 e. The van der Waals surface area contributed by atoms with Crippen LogP contribution in [0.1, 0.15) is 0 Å². The third-order valence-corrected chi connectivity index (χ3v) is 9.43. The van der Waals surface area contributed by atoms with E-state index in [1.807, 2.05) is 11.3 Å². The van der Waals surface area contributed by atoms with Gasteiger partial charge in [0.25, 0.3) is 0 Å². The molecular weight excluding hydrogens is 478 g/mol. The van der Waals surface area contributed by atoms with Crippen LogP contribution in [0.15, 0.2) is 127 Å². The Morgan fingerprint density at radius 2 is 0.974 bits per heavy atom. The molecule has 0 aliphatic rings. The normalized spacial score (nSPS) is 12.2. The molecule has 0 aliphatic carbocycles. The molecule has 38 heavy (non-hydrogen) atoms. The summed E-state index contributed by atoms with van der Waals surface area (Å²) in [4.78, 5) is 0. The molecule has 1 nitrogen and oxygen atoms in total. The monoisotopic (exact) mass is 499 g/mol. The molecule has 0 saturated heterocycles. The summed E-state index contributed by atoms with van der Waals surface area (Å²) in [5.41, 5.74) is 9.02. The first-order chi connectivity index (χ1) is 18.9. The molecule has 9 aromatic rings. The van der Waals surface area contributed by atoms with Crippen molar-refractivity contribution in [2.75, 3.05) is 0 Å². The van der Waals surface area contributed by atoms with E-state index in [2.05, 4.69) is 132 Å². The third-order valence-electron chi connectivity index (χ3n) is 8.14. The fourth-order valence-electron chi connectivity index (χ4n) is 6.49. The van der Waals surface area contributed by atoms with Crippen molar-refractivity contribution in [2.45, 2.75) is 0 Å². The SMILES string of the molecule is c1ccc(-c2cccc3c2sc2c(-c4ccc5c6cccc7c8ccccc8n(c5c4)c76)cccc23)cc1. The Morgan fingerprint density at radius 3 is 1.74 bits per heavy atom. The lowest BCUT2D eigenvalue weighted by molar-refractivity contribution is 1.37. The third kappa shape index (κ3) is 2.60. The zero-order chi connectivity index (χ0) is 24.8. The number of rotatable bonds is 2. The number of fused-ring (bicyclic) bond motifs is 9. The molecular formula is C36H21NS. The predicted octanol–water partition coefficient (Wildman–Crippen LogP) is 10.5. The lowest BCUT2D eigenvalue weighted by Gasteiger charge is -2.05. The lowest BCUT2D eigenvalue weighted by Crippen LogP contribution is -1.83. The number of thiophene rings is 1. The van der Waals surface area contributed by atoms with Gasteiger partial charge in [0, 0.05) is 41.7 Å². The van der Waals surface area contributed by atoms with E-state index < -0.39 is 0 Å². The summed E-state index contributed by atoms with van der Waals surface area (Å²) in [5, 5.41) is 7.96. The van der Waals surface area contributed by atoms with Crippen LogP contribution in [0.4, 0.5) is 0 Å². The van der Waals surface area contributed by atoms with Crippen LogP contribution < -0.4 is 0 Å². The first-order valence-electron chi connectivity index (χ1n) is 13.0. The maximum atomic E-state index is 2.47. The Hall–Kier alpha value is -4.66. The highest BCUT2D eigenvalue weighted by Gasteiger charge is 2.18. The zero-order valence-corrected chi connectivity index (χ0v) is 21.3. The van der Waals surface area contributed by atoms with E-state index in [-0.39, 0.29) is 0 Å².